The van der Waals surface area contributed by atoms with Crippen LogP contribution in [0.5, 0.6) is 0 Å². The molecule has 1 amide bonds. The number of fused-ring (bicyclic) bond motifs is 5. The van der Waals surface area contributed by atoms with Crippen molar-refractivity contribution < 1.29 is 18.0 Å². The van der Waals surface area contributed by atoms with Gasteiger partial charge >= 0.3 is 0 Å². The van der Waals surface area contributed by atoms with E-state index in [1.54, 1.807) is 23.9 Å². The Bertz CT molecular complexity index is 1440. The molecule has 2 aliphatic heterocycles. The third-order valence-corrected chi connectivity index (χ3v) is 7.00. The van der Waals surface area contributed by atoms with E-state index in [1.165, 1.54) is 30.5 Å². The third-order valence-electron chi connectivity index (χ3n) is 7.00. The molecule has 4 heterocycles. The molecule has 0 saturated carbocycles. The van der Waals surface area contributed by atoms with E-state index in [0.29, 0.717) is 28.6 Å². The van der Waals surface area contributed by atoms with E-state index < -0.39 is 17.5 Å². The number of carbonyl (C=O) groups excluding carboxylic acids is 1. The summed E-state index contributed by atoms with van der Waals surface area (Å²) in [6.07, 6.45) is 4.54. The number of piperidine rings is 1. The fourth-order valence-electron chi connectivity index (χ4n) is 5.66. The molecule has 6 rings (SSSR count). The molecular formula is C26H21F3N4O. The fourth-order valence-corrected chi connectivity index (χ4v) is 5.66. The summed E-state index contributed by atoms with van der Waals surface area (Å²) < 4.78 is 43.9. The Hall–Kier alpha value is -3.68. The van der Waals surface area contributed by atoms with E-state index in [-0.39, 0.29) is 23.5 Å². The Balaban J connectivity index is 1.46. The number of nitrogens with zero attached hydrogens (tertiary/aromatic N) is 4. The van der Waals surface area contributed by atoms with Gasteiger partial charge in [0, 0.05) is 47.4 Å². The molecule has 2 aliphatic rings. The van der Waals surface area contributed by atoms with Crippen LogP contribution in [0.1, 0.15) is 46.9 Å². The van der Waals surface area contributed by atoms with Crippen molar-refractivity contribution in [3.8, 4) is 11.3 Å². The number of aryl methyl sites for hydroxylation is 1. The molecule has 1 saturated heterocycles. The van der Waals surface area contributed by atoms with Crippen LogP contribution in [0.3, 0.4) is 0 Å². The van der Waals surface area contributed by atoms with Crippen molar-refractivity contribution in [2.45, 2.75) is 37.8 Å². The van der Waals surface area contributed by atoms with Gasteiger partial charge in [-0.25, -0.2) is 13.2 Å². The second-order valence-electron chi connectivity index (χ2n) is 9.01. The Kier molecular flexibility index (Phi) is 4.72. The van der Waals surface area contributed by atoms with Crippen molar-refractivity contribution in [2.24, 2.45) is 7.05 Å². The zero-order chi connectivity index (χ0) is 23.6. The summed E-state index contributed by atoms with van der Waals surface area (Å²) in [5.41, 5.74) is 3.38. The molecule has 0 radical (unpaired) electrons. The van der Waals surface area contributed by atoms with Crippen LogP contribution >= 0.6 is 0 Å². The van der Waals surface area contributed by atoms with Gasteiger partial charge in [-0.15, -0.1) is 0 Å². The molecule has 0 spiro atoms. The zero-order valence-electron chi connectivity index (χ0n) is 18.4. The van der Waals surface area contributed by atoms with Gasteiger partial charge in [0.25, 0.3) is 5.91 Å². The van der Waals surface area contributed by atoms with Gasteiger partial charge in [-0.2, -0.15) is 5.10 Å². The molecule has 4 aromatic rings. The Labute approximate surface area is 193 Å². The monoisotopic (exact) mass is 462 g/mol. The SMILES string of the molecule is Cn1nc2c(c1-c1cc(F)cc(F)c1)C[C@H]1CCC[C@@H]2N1C(=O)c1ccc(F)c2ncccc12. The number of aromatic nitrogens is 3. The van der Waals surface area contributed by atoms with Gasteiger partial charge in [0.1, 0.15) is 23.0 Å². The van der Waals surface area contributed by atoms with Gasteiger partial charge in [-0.05, 0) is 56.0 Å². The van der Waals surface area contributed by atoms with E-state index in [0.717, 1.165) is 36.6 Å². The van der Waals surface area contributed by atoms with Crippen molar-refractivity contribution in [1.82, 2.24) is 19.7 Å². The lowest BCUT2D eigenvalue weighted by atomic mass is 9.81. The van der Waals surface area contributed by atoms with E-state index >= 15 is 0 Å². The molecule has 2 aromatic heterocycles. The number of hydrogen-bond acceptors (Lipinski definition) is 3. The van der Waals surface area contributed by atoms with Crippen molar-refractivity contribution in [3.05, 3.63) is 82.9 Å². The van der Waals surface area contributed by atoms with Crippen molar-refractivity contribution in [3.63, 3.8) is 0 Å². The standard InChI is InChI=1S/C26H21F3N4O/c1-32-25(14-10-15(27)12-16(28)11-14)20-13-17-4-2-6-22(24(20)31-32)33(17)26(34)19-7-8-21(29)23-18(19)5-3-9-30-23/h3,5,7-12,17,22H,2,4,6,13H2,1H3/t17-,22+/m1/s1. The first-order valence-electron chi connectivity index (χ1n) is 11.3. The highest BCUT2D eigenvalue weighted by atomic mass is 19.1. The van der Waals surface area contributed by atoms with Crippen LogP contribution in [0.25, 0.3) is 22.2 Å². The Morgan fingerprint density at radius 2 is 1.85 bits per heavy atom. The summed E-state index contributed by atoms with van der Waals surface area (Å²) in [6, 6.07) is 9.33. The summed E-state index contributed by atoms with van der Waals surface area (Å²) >= 11 is 0. The van der Waals surface area contributed by atoms with Gasteiger partial charge < -0.3 is 4.90 Å². The molecule has 0 N–H and O–H groups in total. The number of carbonyl (C=O) groups is 1. The third kappa shape index (κ3) is 3.12. The van der Waals surface area contributed by atoms with Gasteiger partial charge in [0.05, 0.1) is 17.4 Å². The lowest BCUT2D eigenvalue weighted by Crippen LogP contribution is -2.49. The minimum Gasteiger partial charge on any atom is -0.327 e. The van der Waals surface area contributed by atoms with Crippen molar-refractivity contribution in [1.29, 1.82) is 0 Å². The zero-order valence-corrected chi connectivity index (χ0v) is 18.4. The number of hydrogen-bond donors (Lipinski definition) is 0. The van der Waals surface area contributed by atoms with Gasteiger partial charge in [-0.3, -0.25) is 14.5 Å². The van der Waals surface area contributed by atoms with Gasteiger partial charge in [0.15, 0.2) is 0 Å². The highest BCUT2D eigenvalue weighted by Gasteiger charge is 2.44. The summed E-state index contributed by atoms with van der Waals surface area (Å²) in [6.45, 7) is 0. The van der Waals surface area contributed by atoms with Crippen LogP contribution < -0.4 is 0 Å². The first-order chi connectivity index (χ1) is 16.4. The maximum Gasteiger partial charge on any atom is 0.255 e. The smallest absolute Gasteiger partial charge is 0.255 e. The molecule has 0 aliphatic carbocycles. The van der Waals surface area contributed by atoms with E-state index in [9.17, 15) is 18.0 Å². The van der Waals surface area contributed by atoms with E-state index in [2.05, 4.69) is 4.98 Å². The second kappa shape index (κ2) is 7.68. The molecule has 2 atom stereocenters. The van der Waals surface area contributed by atoms with Crippen LogP contribution in [0.15, 0.2) is 48.7 Å². The number of amides is 1. The minimum absolute atomic E-state index is 0.0862. The molecule has 8 heteroatoms. The maximum absolute atomic E-state index is 14.3. The lowest BCUT2D eigenvalue weighted by molar-refractivity contribution is 0.0394. The molecule has 34 heavy (non-hydrogen) atoms. The normalized spacial score (nSPS) is 19.4. The highest BCUT2D eigenvalue weighted by molar-refractivity contribution is 6.06. The van der Waals surface area contributed by atoms with Crippen LogP contribution in [-0.2, 0) is 13.5 Å². The molecule has 2 aromatic carbocycles. The predicted molar refractivity (Wildman–Crippen MR) is 121 cm³/mol. The van der Waals surface area contributed by atoms with E-state index in [4.69, 9.17) is 5.10 Å². The summed E-state index contributed by atoms with van der Waals surface area (Å²) in [7, 11) is 1.76. The number of pyridine rings is 1. The van der Waals surface area contributed by atoms with Crippen molar-refractivity contribution in [2.75, 3.05) is 0 Å². The summed E-state index contributed by atoms with van der Waals surface area (Å²) in [5.74, 6) is -1.93. The maximum atomic E-state index is 14.3. The fraction of sp³-hybridized carbons (Fsp3) is 0.269. The predicted octanol–water partition coefficient (Wildman–Crippen LogP) is 5.34. The highest BCUT2D eigenvalue weighted by Crippen LogP contribution is 2.45. The molecule has 5 nitrogen and oxygen atoms in total. The second-order valence-corrected chi connectivity index (χ2v) is 9.01. The Morgan fingerprint density at radius 1 is 1.06 bits per heavy atom. The van der Waals surface area contributed by atoms with E-state index in [1.807, 2.05) is 4.90 Å². The Morgan fingerprint density at radius 3 is 2.65 bits per heavy atom. The molecule has 2 bridgehead atoms. The summed E-state index contributed by atoms with van der Waals surface area (Å²) in [5, 5.41) is 5.20. The topological polar surface area (TPSA) is 51.0 Å². The number of benzene rings is 2. The lowest BCUT2D eigenvalue weighted by Gasteiger charge is -2.45. The first-order valence-corrected chi connectivity index (χ1v) is 11.3. The average Bonchev–Trinajstić information content (AvgIpc) is 3.13. The average molecular weight is 462 g/mol. The summed E-state index contributed by atoms with van der Waals surface area (Å²) in [4.78, 5) is 19.8. The number of rotatable bonds is 2. The number of halogens is 3. The molecule has 172 valence electrons. The van der Waals surface area contributed by atoms with Crippen LogP contribution in [0, 0.1) is 17.5 Å². The van der Waals surface area contributed by atoms with Crippen LogP contribution in [0.4, 0.5) is 13.2 Å². The van der Waals surface area contributed by atoms with Crippen LogP contribution in [-0.4, -0.2) is 31.6 Å². The van der Waals surface area contributed by atoms with Crippen molar-refractivity contribution >= 4 is 16.8 Å². The van der Waals surface area contributed by atoms with Gasteiger partial charge in [-0.1, -0.05) is 6.07 Å². The first kappa shape index (κ1) is 20.9. The molecular weight excluding hydrogens is 441 g/mol. The largest absolute Gasteiger partial charge is 0.327 e. The minimum atomic E-state index is -0.644. The molecule has 0 unspecified atom stereocenters. The quantitative estimate of drug-likeness (QED) is 0.404. The van der Waals surface area contributed by atoms with Crippen LogP contribution in [0.2, 0.25) is 0 Å². The van der Waals surface area contributed by atoms with Gasteiger partial charge in [0.2, 0.25) is 0 Å². The molecule has 1 fully saturated rings.